The molecule has 0 saturated carbocycles. The SMILES string of the molecule is Nc1ncc(-c2ccc3nc(NC(=O)Cc4ccccn4)cn3c2)cc1C(F)(F)F. The van der Waals surface area contributed by atoms with Crippen LogP contribution in [-0.2, 0) is 17.4 Å². The maximum absolute atomic E-state index is 13.1. The van der Waals surface area contributed by atoms with Gasteiger partial charge in [0.15, 0.2) is 5.82 Å². The molecular formula is C20H15F3N6O. The van der Waals surface area contributed by atoms with Gasteiger partial charge in [-0.25, -0.2) is 9.97 Å². The number of carbonyl (C=O) groups is 1. The van der Waals surface area contributed by atoms with Gasteiger partial charge < -0.3 is 15.5 Å². The molecule has 152 valence electrons. The van der Waals surface area contributed by atoms with Crippen LogP contribution in [0, 0.1) is 0 Å². The van der Waals surface area contributed by atoms with Gasteiger partial charge in [0.1, 0.15) is 11.5 Å². The fraction of sp³-hybridized carbons (Fsp3) is 0.100. The van der Waals surface area contributed by atoms with Crippen LogP contribution in [-0.4, -0.2) is 25.3 Å². The molecule has 7 nitrogen and oxygen atoms in total. The summed E-state index contributed by atoms with van der Waals surface area (Å²) in [4.78, 5) is 24.2. The number of nitrogen functional groups attached to an aromatic ring is 1. The second-order valence-electron chi connectivity index (χ2n) is 6.51. The van der Waals surface area contributed by atoms with Crippen molar-refractivity contribution in [2.45, 2.75) is 12.6 Å². The predicted molar refractivity (Wildman–Crippen MR) is 104 cm³/mol. The summed E-state index contributed by atoms with van der Waals surface area (Å²) in [6, 6.07) is 9.50. The van der Waals surface area contributed by atoms with Crippen LogP contribution >= 0.6 is 0 Å². The fourth-order valence-corrected chi connectivity index (χ4v) is 2.94. The molecule has 1 amide bonds. The van der Waals surface area contributed by atoms with E-state index >= 15 is 0 Å². The number of hydrogen-bond acceptors (Lipinski definition) is 5. The molecule has 0 saturated heterocycles. The van der Waals surface area contributed by atoms with E-state index in [1.54, 1.807) is 53.3 Å². The Balaban J connectivity index is 1.58. The van der Waals surface area contributed by atoms with E-state index in [1.165, 1.54) is 6.20 Å². The molecule has 0 aromatic carbocycles. The number of amides is 1. The molecule has 0 fully saturated rings. The molecule has 0 aliphatic heterocycles. The zero-order valence-corrected chi connectivity index (χ0v) is 15.4. The lowest BCUT2D eigenvalue weighted by molar-refractivity contribution is -0.137. The highest BCUT2D eigenvalue weighted by molar-refractivity contribution is 5.91. The van der Waals surface area contributed by atoms with Gasteiger partial charge in [-0.3, -0.25) is 9.78 Å². The molecule has 0 aliphatic carbocycles. The number of carbonyl (C=O) groups excluding carboxylic acids is 1. The highest BCUT2D eigenvalue weighted by atomic mass is 19.4. The minimum Gasteiger partial charge on any atom is -0.383 e. The number of alkyl halides is 3. The number of nitrogens with one attached hydrogen (secondary N) is 1. The maximum atomic E-state index is 13.1. The van der Waals surface area contributed by atoms with E-state index in [-0.39, 0.29) is 17.9 Å². The van der Waals surface area contributed by atoms with Crippen molar-refractivity contribution >= 4 is 23.2 Å². The third kappa shape index (κ3) is 4.07. The number of anilines is 2. The number of imidazole rings is 1. The summed E-state index contributed by atoms with van der Waals surface area (Å²) < 4.78 is 40.9. The molecule has 0 spiro atoms. The molecule has 0 atom stereocenters. The monoisotopic (exact) mass is 412 g/mol. The average Bonchev–Trinajstić information content (AvgIpc) is 3.09. The lowest BCUT2D eigenvalue weighted by atomic mass is 10.1. The minimum absolute atomic E-state index is 0.0945. The van der Waals surface area contributed by atoms with Gasteiger partial charge in [-0.1, -0.05) is 6.07 Å². The van der Waals surface area contributed by atoms with Crippen LogP contribution in [0.4, 0.5) is 24.8 Å². The third-order valence-electron chi connectivity index (χ3n) is 4.34. The first-order valence-electron chi connectivity index (χ1n) is 8.81. The van der Waals surface area contributed by atoms with Gasteiger partial charge >= 0.3 is 6.18 Å². The van der Waals surface area contributed by atoms with Crippen LogP contribution in [0.25, 0.3) is 16.8 Å². The number of nitrogens with two attached hydrogens (primary N) is 1. The summed E-state index contributed by atoms with van der Waals surface area (Å²) in [5.74, 6) is -0.540. The first-order valence-corrected chi connectivity index (χ1v) is 8.81. The van der Waals surface area contributed by atoms with Gasteiger partial charge in [0.25, 0.3) is 0 Å². The van der Waals surface area contributed by atoms with E-state index in [9.17, 15) is 18.0 Å². The topological polar surface area (TPSA) is 98.2 Å². The molecule has 4 aromatic rings. The van der Waals surface area contributed by atoms with Crippen molar-refractivity contribution in [1.82, 2.24) is 19.4 Å². The second kappa shape index (κ2) is 7.47. The second-order valence-corrected chi connectivity index (χ2v) is 6.51. The quantitative estimate of drug-likeness (QED) is 0.534. The predicted octanol–water partition coefficient (Wildman–Crippen LogP) is 3.57. The molecule has 10 heteroatoms. The number of pyridine rings is 3. The Labute approximate surface area is 168 Å². The maximum Gasteiger partial charge on any atom is 0.419 e. The van der Waals surface area contributed by atoms with E-state index in [0.717, 1.165) is 6.07 Å². The molecule has 0 aliphatic rings. The van der Waals surface area contributed by atoms with Crippen LogP contribution in [0.3, 0.4) is 0 Å². The van der Waals surface area contributed by atoms with E-state index in [2.05, 4.69) is 20.3 Å². The number of rotatable bonds is 4. The van der Waals surface area contributed by atoms with Gasteiger partial charge in [-0.15, -0.1) is 0 Å². The van der Waals surface area contributed by atoms with E-state index in [4.69, 9.17) is 5.73 Å². The van der Waals surface area contributed by atoms with Crippen LogP contribution in [0.1, 0.15) is 11.3 Å². The van der Waals surface area contributed by atoms with Crippen LogP contribution in [0.2, 0.25) is 0 Å². The van der Waals surface area contributed by atoms with Crippen molar-refractivity contribution in [1.29, 1.82) is 0 Å². The molecule has 0 unspecified atom stereocenters. The first kappa shape index (κ1) is 19.4. The zero-order chi connectivity index (χ0) is 21.3. The lowest BCUT2D eigenvalue weighted by Gasteiger charge is -2.11. The summed E-state index contributed by atoms with van der Waals surface area (Å²) >= 11 is 0. The number of hydrogen-bond donors (Lipinski definition) is 2. The Kier molecular flexibility index (Phi) is 4.82. The third-order valence-corrected chi connectivity index (χ3v) is 4.34. The Morgan fingerprint density at radius 2 is 1.93 bits per heavy atom. The summed E-state index contributed by atoms with van der Waals surface area (Å²) in [6.45, 7) is 0. The Hall–Kier alpha value is -3.95. The summed E-state index contributed by atoms with van der Waals surface area (Å²) in [7, 11) is 0. The van der Waals surface area contributed by atoms with E-state index < -0.39 is 17.6 Å². The first-order chi connectivity index (χ1) is 14.3. The molecule has 4 rings (SSSR count). The number of aromatic nitrogens is 4. The molecule has 0 radical (unpaired) electrons. The van der Waals surface area contributed by atoms with Gasteiger partial charge in [0.2, 0.25) is 5.91 Å². The van der Waals surface area contributed by atoms with Crippen molar-refractivity contribution in [3.8, 4) is 11.1 Å². The Morgan fingerprint density at radius 1 is 1.10 bits per heavy atom. The van der Waals surface area contributed by atoms with Gasteiger partial charge in [0.05, 0.1) is 18.2 Å². The molecule has 3 N–H and O–H groups in total. The van der Waals surface area contributed by atoms with Crippen molar-refractivity contribution < 1.29 is 18.0 Å². The highest BCUT2D eigenvalue weighted by Crippen LogP contribution is 2.35. The highest BCUT2D eigenvalue weighted by Gasteiger charge is 2.34. The Bertz CT molecular complexity index is 1220. The standard InChI is InChI=1S/C20H15F3N6O/c21-20(22,23)15-7-13(9-26-19(15)24)12-4-5-17-27-16(11-29(17)10-12)28-18(30)8-14-3-1-2-6-25-14/h1-7,9-11H,8H2,(H2,24,26)(H,28,30). The smallest absolute Gasteiger partial charge is 0.383 e. The number of halogens is 3. The molecule has 0 bridgehead atoms. The minimum atomic E-state index is -4.60. The van der Waals surface area contributed by atoms with Crippen molar-refractivity contribution in [3.63, 3.8) is 0 Å². The van der Waals surface area contributed by atoms with Gasteiger partial charge in [-0.05, 0) is 30.3 Å². The number of fused-ring (bicyclic) bond motifs is 1. The molecular weight excluding hydrogens is 397 g/mol. The molecule has 30 heavy (non-hydrogen) atoms. The van der Waals surface area contributed by atoms with Crippen LogP contribution in [0.5, 0.6) is 0 Å². The average molecular weight is 412 g/mol. The van der Waals surface area contributed by atoms with Crippen LogP contribution < -0.4 is 11.1 Å². The largest absolute Gasteiger partial charge is 0.419 e. The molecule has 4 aromatic heterocycles. The normalized spacial score (nSPS) is 11.6. The molecule has 4 heterocycles. The lowest BCUT2D eigenvalue weighted by Crippen LogP contribution is -2.15. The van der Waals surface area contributed by atoms with E-state index in [0.29, 0.717) is 22.7 Å². The number of nitrogens with zero attached hydrogens (tertiary/aromatic N) is 4. The Morgan fingerprint density at radius 3 is 2.67 bits per heavy atom. The van der Waals surface area contributed by atoms with Gasteiger partial charge in [0, 0.05) is 35.4 Å². The summed E-state index contributed by atoms with van der Waals surface area (Å²) in [5, 5.41) is 2.69. The van der Waals surface area contributed by atoms with Crippen molar-refractivity contribution in [2.24, 2.45) is 0 Å². The summed E-state index contributed by atoms with van der Waals surface area (Å²) in [5.41, 5.74) is 6.26. The van der Waals surface area contributed by atoms with Crippen molar-refractivity contribution in [3.05, 3.63) is 72.4 Å². The van der Waals surface area contributed by atoms with Crippen LogP contribution in [0.15, 0.2) is 61.2 Å². The van der Waals surface area contributed by atoms with Crippen molar-refractivity contribution in [2.75, 3.05) is 11.1 Å². The fourth-order valence-electron chi connectivity index (χ4n) is 2.94. The zero-order valence-electron chi connectivity index (χ0n) is 15.4. The summed E-state index contributed by atoms with van der Waals surface area (Å²) in [6.07, 6.45) is 1.55. The van der Waals surface area contributed by atoms with Gasteiger partial charge in [-0.2, -0.15) is 13.2 Å². The van der Waals surface area contributed by atoms with E-state index in [1.807, 2.05) is 0 Å².